The maximum atomic E-state index is 4.43. The lowest BCUT2D eigenvalue weighted by Gasteiger charge is -2.37. The summed E-state index contributed by atoms with van der Waals surface area (Å²) in [6.07, 6.45) is 0. The molecule has 1 aliphatic heterocycles. The Kier molecular flexibility index (Phi) is 5.04. The molecule has 1 aliphatic rings. The average molecular weight is 348 g/mol. The van der Waals surface area contributed by atoms with Crippen molar-refractivity contribution >= 4 is 0 Å². The second kappa shape index (κ2) is 7.76. The van der Waals surface area contributed by atoms with Crippen LogP contribution >= 0.6 is 0 Å². The first-order valence-corrected chi connectivity index (χ1v) is 9.09. The molecule has 0 N–H and O–H groups in total. The molecule has 0 radical (unpaired) electrons. The molecule has 2 heterocycles. The Balaban J connectivity index is 1.67. The Labute approximate surface area is 154 Å². The van der Waals surface area contributed by atoms with E-state index in [1.165, 1.54) is 11.1 Å². The van der Waals surface area contributed by atoms with Crippen molar-refractivity contribution in [3.63, 3.8) is 0 Å². The van der Waals surface area contributed by atoms with Gasteiger partial charge in [0.15, 0.2) is 5.82 Å². The van der Waals surface area contributed by atoms with Crippen molar-refractivity contribution in [3.05, 3.63) is 77.6 Å². The van der Waals surface area contributed by atoms with Crippen molar-refractivity contribution in [3.8, 4) is 0 Å². The van der Waals surface area contributed by atoms with Gasteiger partial charge in [-0.2, -0.15) is 0 Å². The molecule has 1 atom stereocenters. The summed E-state index contributed by atoms with van der Waals surface area (Å²) in [6.45, 7) is 4.82. The molecule has 6 nitrogen and oxygen atoms in total. The van der Waals surface area contributed by atoms with E-state index in [-0.39, 0.29) is 6.04 Å². The van der Waals surface area contributed by atoms with Crippen LogP contribution in [-0.2, 0) is 6.54 Å². The van der Waals surface area contributed by atoms with Crippen LogP contribution < -0.4 is 0 Å². The number of hydrogen-bond acceptors (Lipinski definition) is 5. The fourth-order valence-corrected chi connectivity index (χ4v) is 3.52. The molecule has 0 amide bonds. The van der Waals surface area contributed by atoms with Crippen LogP contribution in [0.4, 0.5) is 0 Å². The van der Waals surface area contributed by atoms with Crippen molar-refractivity contribution in [2.45, 2.75) is 12.6 Å². The predicted octanol–water partition coefficient (Wildman–Crippen LogP) is 2.06. The highest BCUT2D eigenvalue weighted by Gasteiger charge is 2.29. The van der Waals surface area contributed by atoms with Crippen LogP contribution in [0.5, 0.6) is 0 Å². The van der Waals surface area contributed by atoms with E-state index >= 15 is 0 Å². The second-order valence-electron chi connectivity index (χ2n) is 6.83. The van der Waals surface area contributed by atoms with Crippen LogP contribution in [0, 0.1) is 0 Å². The van der Waals surface area contributed by atoms with Gasteiger partial charge in [-0.05, 0) is 28.6 Å². The lowest BCUT2D eigenvalue weighted by atomic mass is 10.0. The van der Waals surface area contributed by atoms with Gasteiger partial charge in [0.05, 0.1) is 12.6 Å². The summed E-state index contributed by atoms with van der Waals surface area (Å²) >= 11 is 0. The number of piperazine rings is 1. The molecule has 26 heavy (non-hydrogen) atoms. The van der Waals surface area contributed by atoms with Gasteiger partial charge in [0.25, 0.3) is 0 Å². The molecule has 0 saturated carbocycles. The third-order valence-corrected chi connectivity index (χ3v) is 5.00. The highest BCUT2D eigenvalue weighted by atomic mass is 15.6. The molecular weight excluding hydrogens is 324 g/mol. The van der Waals surface area contributed by atoms with Gasteiger partial charge in [0.1, 0.15) is 0 Å². The molecule has 4 rings (SSSR count). The van der Waals surface area contributed by atoms with E-state index in [0.717, 1.165) is 32.0 Å². The largest absolute Gasteiger partial charge is 0.304 e. The highest BCUT2D eigenvalue weighted by Crippen LogP contribution is 2.28. The lowest BCUT2D eigenvalue weighted by molar-refractivity contribution is 0.121. The maximum Gasteiger partial charge on any atom is 0.173 e. The molecule has 2 aromatic carbocycles. The van der Waals surface area contributed by atoms with Crippen LogP contribution in [0.15, 0.2) is 60.7 Å². The Morgan fingerprint density at radius 2 is 1.54 bits per heavy atom. The first-order valence-electron chi connectivity index (χ1n) is 9.09. The number of aromatic nitrogens is 4. The van der Waals surface area contributed by atoms with Crippen LogP contribution in [0.1, 0.15) is 23.0 Å². The number of rotatable bonds is 5. The number of hydrogen-bond donors (Lipinski definition) is 0. The third-order valence-electron chi connectivity index (χ3n) is 5.00. The van der Waals surface area contributed by atoms with Gasteiger partial charge < -0.3 is 4.90 Å². The Morgan fingerprint density at radius 1 is 0.885 bits per heavy atom. The quantitative estimate of drug-likeness (QED) is 0.706. The van der Waals surface area contributed by atoms with Gasteiger partial charge in [-0.25, -0.2) is 4.68 Å². The first-order chi connectivity index (χ1) is 12.8. The van der Waals surface area contributed by atoms with Gasteiger partial charge in [-0.15, -0.1) is 5.10 Å². The summed E-state index contributed by atoms with van der Waals surface area (Å²) in [6, 6.07) is 21.0. The zero-order valence-electron chi connectivity index (χ0n) is 15.1. The van der Waals surface area contributed by atoms with Crippen molar-refractivity contribution in [2.75, 3.05) is 33.2 Å². The fourth-order valence-electron chi connectivity index (χ4n) is 3.52. The van der Waals surface area contributed by atoms with Crippen LogP contribution in [0.2, 0.25) is 0 Å². The van der Waals surface area contributed by atoms with Gasteiger partial charge in [0, 0.05) is 26.2 Å². The summed E-state index contributed by atoms with van der Waals surface area (Å²) in [5, 5.41) is 12.7. The molecular formula is C20H24N6. The number of benzene rings is 2. The molecule has 0 bridgehead atoms. The summed E-state index contributed by atoms with van der Waals surface area (Å²) in [7, 11) is 2.17. The monoisotopic (exact) mass is 348 g/mol. The second-order valence-corrected chi connectivity index (χ2v) is 6.83. The number of likely N-dealkylation sites (N-methyl/N-ethyl adjacent to an activating group) is 1. The number of nitrogens with zero attached hydrogens (tertiary/aromatic N) is 6. The number of tetrazole rings is 1. The molecule has 1 aromatic heterocycles. The minimum absolute atomic E-state index is 0.0728. The van der Waals surface area contributed by atoms with Crippen LogP contribution in [-0.4, -0.2) is 63.2 Å². The van der Waals surface area contributed by atoms with Gasteiger partial charge in [-0.3, -0.25) is 4.90 Å². The van der Waals surface area contributed by atoms with E-state index in [1.54, 1.807) is 0 Å². The maximum absolute atomic E-state index is 4.43. The summed E-state index contributed by atoms with van der Waals surface area (Å²) < 4.78 is 1.94. The summed E-state index contributed by atoms with van der Waals surface area (Å²) in [4.78, 5) is 4.86. The van der Waals surface area contributed by atoms with Crippen molar-refractivity contribution < 1.29 is 0 Å². The molecule has 0 aliphatic carbocycles. The molecule has 1 fully saturated rings. The molecule has 0 unspecified atom stereocenters. The predicted molar refractivity (Wildman–Crippen MR) is 101 cm³/mol. The Morgan fingerprint density at radius 3 is 2.23 bits per heavy atom. The topological polar surface area (TPSA) is 50.1 Å². The van der Waals surface area contributed by atoms with E-state index in [0.29, 0.717) is 6.54 Å². The average Bonchev–Trinajstić information content (AvgIpc) is 3.13. The lowest BCUT2D eigenvalue weighted by Crippen LogP contribution is -2.46. The van der Waals surface area contributed by atoms with E-state index in [9.17, 15) is 0 Å². The van der Waals surface area contributed by atoms with Gasteiger partial charge >= 0.3 is 0 Å². The summed E-state index contributed by atoms with van der Waals surface area (Å²) in [5.74, 6) is 0.907. The van der Waals surface area contributed by atoms with E-state index < -0.39 is 0 Å². The Bertz CT molecular complexity index is 809. The zero-order chi connectivity index (χ0) is 17.8. The molecule has 134 valence electrons. The van der Waals surface area contributed by atoms with Crippen LogP contribution in [0.25, 0.3) is 0 Å². The van der Waals surface area contributed by atoms with E-state index in [1.807, 2.05) is 10.7 Å². The normalized spacial score (nSPS) is 17.3. The molecule has 0 spiro atoms. The molecule has 1 saturated heterocycles. The Hall–Kier alpha value is -2.57. The highest BCUT2D eigenvalue weighted by molar-refractivity contribution is 5.25. The minimum atomic E-state index is 0.0728. The standard InChI is InChI=1S/C20H24N6/c1-24-12-14-25(15-13-24)19(18-10-6-3-7-11-18)20-21-22-23-26(20)16-17-8-4-2-5-9-17/h2-11,19H,12-16H2,1H3/t19-/m0/s1. The van der Waals surface area contributed by atoms with Gasteiger partial charge in [-0.1, -0.05) is 60.7 Å². The van der Waals surface area contributed by atoms with Crippen molar-refractivity contribution in [1.82, 2.24) is 30.0 Å². The first kappa shape index (κ1) is 16.9. The van der Waals surface area contributed by atoms with E-state index in [2.05, 4.69) is 87.0 Å². The fraction of sp³-hybridized carbons (Fsp3) is 0.350. The SMILES string of the molecule is CN1CCN([C@@H](c2ccccc2)c2nnnn2Cc2ccccc2)CC1. The third kappa shape index (κ3) is 3.66. The minimum Gasteiger partial charge on any atom is -0.304 e. The van der Waals surface area contributed by atoms with Crippen molar-refractivity contribution in [1.29, 1.82) is 0 Å². The van der Waals surface area contributed by atoms with Crippen LogP contribution in [0.3, 0.4) is 0 Å². The molecule has 3 aromatic rings. The van der Waals surface area contributed by atoms with E-state index in [4.69, 9.17) is 0 Å². The zero-order valence-corrected chi connectivity index (χ0v) is 15.1. The van der Waals surface area contributed by atoms with Crippen molar-refractivity contribution in [2.24, 2.45) is 0 Å². The van der Waals surface area contributed by atoms with Gasteiger partial charge in [0.2, 0.25) is 0 Å². The smallest absolute Gasteiger partial charge is 0.173 e. The summed E-state index contributed by atoms with van der Waals surface area (Å²) in [5.41, 5.74) is 2.44. The molecule has 6 heteroatoms.